The third-order valence-electron chi connectivity index (χ3n) is 3.66. The third-order valence-corrected chi connectivity index (χ3v) is 4.14. The van der Waals surface area contributed by atoms with Gasteiger partial charge in [0, 0.05) is 23.7 Å². The fourth-order valence-electron chi connectivity index (χ4n) is 2.57. The Bertz CT molecular complexity index is 497. The van der Waals surface area contributed by atoms with Gasteiger partial charge in [0.25, 0.3) is 0 Å². The van der Waals surface area contributed by atoms with E-state index in [9.17, 15) is 0 Å². The molecule has 92 valence electrons. The maximum atomic E-state index is 6.52. The summed E-state index contributed by atoms with van der Waals surface area (Å²) in [6.45, 7) is 0. The lowest BCUT2D eigenvalue weighted by Gasteiger charge is -2.08. The van der Waals surface area contributed by atoms with Crippen molar-refractivity contribution in [3.63, 3.8) is 0 Å². The van der Waals surface area contributed by atoms with Crippen molar-refractivity contribution in [1.82, 2.24) is 4.98 Å². The van der Waals surface area contributed by atoms with Crippen LogP contribution >= 0.6 is 11.6 Å². The Morgan fingerprint density at radius 3 is 2.61 bits per heavy atom. The largest absolute Gasteiger partial charge is 0.261 e. The standard InChI is InChI=1S/C16H16ClN/c17-16(10-13-8-4-5-9-18-13)15-11-14(15)12-6-2-1-3-7-12/h1-9,14-16H,10-11H2. The van der Waals surface area contributed by atoms with Crippen LogP contribution in [0, 0.1) is 5.92 Å². The van der Waals surface area contributed by atoms with Crippen LogP contribution in [-0.2, 0) is 6.42 Å². The van der Waals surface area contributed by atoms with Crippen molar-refractivity contribution >= 4 is 11.6 Å². The lowest BCUT2D eigenvalue weighted by Crippen LogP contribution is -2.08. The SMILES string of the molecule is ClC(Cc1ccccn1)C1CC1c1ccccc1. The summed E-state index contributed by atoms with van der Waals surface area (Å²) in [5.41, 5.74) is 2.52. The molecular formula is C16H16ClN. The molecule has 1 nitrogen and oxygen atoms in total. The number of hydrogen-bond donors (Lipinski definition) is 0. The first-order valence-corrected chi connectivity index (χ1v) is 6.87. The van der Waals surface area contributed by atoms with Gasteiger partial charge in [-0.1, -0.05) is 36.4 Å². The molecule has 1 fully saturated rings. The zero-order chi connectivity index (χ0) is 12.4. The summed E-state index contributed by atoms with van der Waals surface area (Å²) in [6.07, 6.45) is 3.92. The second-order valence-corrected chi connectivity index (χ2v) is 5.52. The number of rotatable bonds is 4. The number of hydrogen-bond acceptors (Lipinski definition) is 1. The molecule has 0 saturated heterocycles. The van der Waals surface area contributed by atoms with E-state index >= 15 is 0 Å². The number of alkyl halides is 1. The molecule has 3 unspecified atom stereocenters. The normalized spacial score (nSPS) is 23.6. The summed E-state index contributed by atoms with van der Waals surface area (Å²) in [5.74, 6) is 1.26. The molecule has 2 heteroatoms. The Hall–Kier alpha value is -1.34. The second-order valence-electron chi connectivity index (χ2n) is 4.96. The smallest absolute Gasteiger partial charge is 0.0425 e. The first kappa shape index (κ1) is 11.7. The quantitative estimate of drug-likeness (QED) is 0.754. The number of halogens is 1. The highest BCUT2D eigenvalue weighted by molar-refractivity contribution is 6.21. The fraction of sp³-hybridized carbons (Fsp3) is 0.312. The predicted molar refractivity (Wildman–Crippen MR) is 74.9 cm³/mol. The second kappa shape index (κ2) is 5.11. The van der Waals surface area contributed by atoms with Crippen LogP contribution in [0.15, 0.2) is 54.7 Å². The van der Waals surface area contributed by atoms with Gasteiger partial charge >= 0.3 is 0 Å². The molecule has 1 saturated carbocycles. The zero-order valence-electron chi connectivity index (χ0n) is 10.2. The molecule has 1 aliphatic rings. The van der Waals surface area contributed by atoms with E-state index in [0.717, 1.165) is 12.1 Å². The molecule has 1 heterocycles. The van der Waals surface area contributed by atoms with Gasteiger partial charge in [0.2, 0.25) is 0 Å². The van der Waals surface area contributed by atoms with Gasteiger partial charge in [-0.05, 0) is 36.0 Å². The monoisotopic (exact) mass is 257 g/mol. The maximum absolute atomic E-state index is 6.52. The van der Waals surface area contributed by atoms with E-state index in [0.29, 0.717) is 11.8 Å². The van der Waals surface area contributed by atoms with Gasteiger partial charge in [-0.2, -0.15) is 0 Å². The van der Waals surface area contributed by atoms with Gasteiger partial charge < -0.3 is 0 Å². The molecule has 0 amide bonds. The molecule has 18 heavy (non-hydrogen) atoms. The lowest BCUT2D eigenvalue weighted by atomic mass is 10.1. The predicted octanol–water partition coefficient (Wildman–Crippen LogP) is 4.04. The zero-order valence-corrected chi connectivity index (χ0v) is 10.9. The molecule has 1 aliphatic carbocycles. The first-order valence-electron chi connectivity index (χ1n) is 6.43. The molecule has 1 aromatic carbocycles. The number of benzene rings is 1. The Kier molecular flexibility index (Phi) is 3.33. The highest BCUT2D eigenvalue weighted by atomic mass is 35.5. The van der Waals surface area contributed by atoms with E-state index < -0.39 is 0 Å². The fourth-order valence-corrected chi connectivity index (χ4v) is 3.00. The van der Waals surface area contributed by atoms with E-state index in [1.165, 1.54) is 12.0 Å². The lowest BCUT2D eigenvalue weighted by molar-refractivity contribution is 0.703. The molecule has 2 aromatic rings. The van der Waals surface area contributed by atoms with E-state index in [4.69, 9.17) is 11.6 Å². The molecule has 1 aromatic heterocycles. The maximum Gasteiger partial charge on any atom is 0.0425 e. The van der Waals surface area contributed by atoms with Crippen LogP contribution in [0.2, 0.25) is 0 Å². The minimum absolute atomic E-state index is 0.199. The molecule has 0 spiro atoms. The molecule has 3 atom stereocenters. The molecule has 0 N–H and O–H groups in total. The number of aromatic nitrogens is 1. The van der Waals surface area contributed by atoms with Crippen molar-refractivity contribution < 1.29 is 0 Å². The first-order chi connectivity index (χ1) is 8.84. The third kappa shape index (κ3) is 2.56. The van der Waals surface area contributed by atoms with Crippen molar-refractivity contribution in [1.29, 1.82) is 0 Å². The highest BCUT2D eigenvalue weighted by Crippen LogP contribution is 2.51. The van der Waals surface area contributed by atoms with Gasteiger partial charge in [0.1, 0.15) is 0 Å². The van der Waals surface area contributed by atoms with Crippen LogP contribution in [-0.4, -0.2) is 10.4 Å². The molecule has 0 aliphatic heterocycles. The van der Waals surface area contributed by atoms with Crippen LogP contribution in [0.1, 0.15) is 23.6 Å². The Balaban J connectivity index is 1.61. The van der Waals surface area contributed by atoms with Crippen LogP contribution in [0.5, 0.6) is 0 Å². The van der Waals surface area contributed by atoms with Crippen molar-refractivity contribution in [2.24, 2.45) is 5.92 Å². The van der Waals surface area contributed by atoms with Gasteiger partial charge in [0.15, 0.2) is 0 Å². The van der Waals surface area contributed by atoms with Crippen molar-refractivity contribution in [2.75, 3.05) is 0 Å². The topological polar surface area (TPSA) is 12.9 Å². The Morgan fingerprint density at radius 1 is 1.11 bits per heavy atom. The van der Waals surface area contributed by atoms with Gasteiger partial charge in [-0.15, -0.1) is 11.6 Å². The minimum atomic E-state index is 0.199. The average molecular weight is 258 g/mol. The number of pyridine rings is 1. The van der Waals surface area contributed by atoms with Crippen molar-refractivity contribution in [3.05, 3.63) is 66.0 Å². The van der Waals surface area contributed by atoms with Gasteiger partial charge in [-0.3, -0.25) is 4.98 Å². The Labute approximate surface area is 113 Å². The van der Waals surface area contributed by atoms with Crippen molar-refractivity contribution in [3.8, 4) is 0 Å². The highest BCUT2D eigenvalue weighted by Gasteiger charge is 2.42. The summed E-state index contributed by atoms with van der Waals surface area (Å²) < 4.78 is 0. The summed E-state index contributed by atoms with van der Waals surface area (Å²) >= 11 is 6.52. The van der Waals surface area contributed by atoms with E-state index in [-0.39, 0.29) is 5.38 Å². The summed E-state index contributed by atoms with van der Waals surface area (Å²) in [5, 5.41) is 0.199. The van der Waals surface area contributed by atoms with Crippen LogP contribution in [0.25, 0.3) is 0 Å². The Morgan fingerprint density at radius 2 is 1.89 bits per heavy atom. The summed E-state index contributed by atoms with van der Waals surface area (Å²) in [7, 11) is 0. The number of nitrogens with zero attached hydrogens (tertiary/aromatic N) is 1. The van der Waals surface area contributed by atoms with Gasteiger partial charge in [-0.25, -0.2) is 0 Å². The van der Waals surface area contributed by atoms with Crippen molar-refractivity contribution in [2.45, 2.75) is 24.1 Å². The molecular weight excluding hydrogens is 242 g/mol. The van der Waals surface area contributed by atoms with Gasteiger partial charge in [0.05, 0.1) is 0 Å². The van der Waals surface area contributed by atoms with Crippen LogP contribution in [0.3, 0.4) is 0 Å². The summed E-state index contributed by atoms with van der Waals surface area (Å²) in [6, 6.07) is 16.7. The minimum Gasteiger partial charge on any atom is -0.261 e. The average Bonchev–Trinajstić information content (AvgIpc) is 3.21. The summed E-state index contributed by atoms with van der Waals surface area (Å²) in [4.78, 5) is 4.34. The molecule has 0 radical (unpaired) electrons. The van der Waals surface area contributed by atoms with E-state index in [2.05, 4.69) is 41.4 Å². The van der Waals surface area contributed by atoms with E-state index in [1.807, 2.05) is 18.3 Å². The van der Waals surface area contributed by atoms with Crippen LogP contribution < -0.4 is 0 Å². The molecule has 3 rings (SSSR count). The van der Waals surface area contributed by atoms with E-state index in [1.54, 1.807) is 0 Å². The van der Waals surface area contributed by atoms with Crippen LogP contribution in [0.4, 0.5) is 0 Å². The molecule has 0 bridgehead atoms.